The van der Waals surface area contributed by atoms with Gasteiger partial charge in [-0.3, -0.25) is 0 Å². The lowest BCUT2D eigenvalue weighted by molar-refractivity contribution is 0.0141. The van der Waals surface area contributed by atoms with Gasteiger partial charge in [0.25, 0.3) is 16.2 Å². The minimum atomic E-state index is -3.42. The molecule has 1 spiro atoms. The Hall–Kier alpha value is -1.23. The normalized spacial score (nSPS) is 36.3. The smallest absolute Gasteiger partial charge is 0.278 e. The summed E-state index contributed by atoms with van der Waals surface area (Å²) in [7, 11) is -0.356. The molecule has 5 rings (SSSR count). The van der Waals surface area contributed by atoms with Crippen LogP contribution in [0, 0.1) is 11.8 Å². The van der Waals surface area contributed by atoms with Crippen LogP contribution in [0.3, 0.4) is 0 Å². The van der Waals surface area contributed by atoms with E-state index in [9.17, 15) is 8.42 Å². The molecular formula is C16H25N5O4S. The van der Waals surface area contributed by atoms with Crippen LogP contribution in [0.2, 0.25) is 0 Å². The molecule has 1 aliphatic carbocycles. The molecule has 1 saturated carbocycles. The van der Waals surface area contributed by atoms with Crippen LogP contribution in [0.5, 0.6) is 0 Å². The summed E-state index contributed by atoms with van der Waals surface area (Å²) >= 11 is 0. The van der Waals surface area contributed by atoms with Crippen molar-refractivity contribution in [2.75, 3.05) is 38.6 Å². The SMILES string of the molecule is CN(C)S(=O)(=O)NC[C@H]1[C@H]2CN(c3noc(C4CC4)n3)C[C@]23CC[C@H]1O3. The second-order valence-corrected chi connectivity index (χ2v) is 10.2. The van der Waals surface area contributed by atoms with Gasteiger partial charge in [-0.15, -0.1) is 0 Å². The Labute approximate surface area is 153 Å². The molecule has 2 bridgehead atoms. The minimum absolute atomic E-state index is 0.138. The lowest BCUT2D eigenvalue weighted by Gasteiger charge is -2.29. The molecular weight excluding hydrogens is 358 g/mol. The fraction of sp³-hybridized carbons (Fsp3) is 0.875. The molecule has 3 aliphatic heterocycles. The van der Waals surface area contributed by atoms with E-state index in [1.165, 1.54) is 18.4 Å². The molecule has 0 aromatic carbocycles. The summed E-state index contributed by atoms with van der Waals surface area (Å²) < 4.78 is 39.8. The van der Waals surface area contributed by atoms with E-state index in [0.717, 1.165) is 44.7 Å². The van der Waals surface area contributed by atoms with Gasteiger partial charge in [0.05, 0.1) is 18.2 Å². The van der Waals surface area contributed by atoms with Crippen LogP contribution in [0.15, 0.2) is 4.52 Å². The summed E-state index contributed by atoms with van der Waals surface area (Å²) in [5, 5.41) is 4.17. The zero-order chi connectivity index (χ0) is 18.1. The van der Waals surface area contributed by atoms with Crippen molar-refractivity contribution >= 4 is 16.2 Å². The van der Waals surface area contributed by atoms with Crippen molar-refractivity contribution in [3.63, 3.8) is 0 Å². The van der Waals surface area contributed by atoms with Gasteiger partial charge in [-0.2, -0.15) is 17.7 Å². The first-order valence-electron chi connectivity index (χ1n) is 9.31. The molecule has 0 unspecified atom stereocenters. The molecule has 3 saturated heterocycles. The predicted octanol–water partition coefficient (Wildman–Crippen LogP) is 0.327. The summed E-state index contributed by atoms with van der Waals surface area (Å²) in [6.07, 6.45) is 4.40. The fourth-order valence-electron chi connectivity index (χ4n) is 4.80. The first kappa shape index (κ1) is 16.9. The summed E-state index contributed by atoms with van der Waals surface area (Å²) in [5.74, 6) is 2.30. The van der Waals surface area contributed by atoms with Crippen LogP contribution in [0.1, 0.15) is 37.5 Å². The third-order valence-electron chi connectivity index (χ3n) is 6.41. The average molecular weight is 383 g/mol. The molecule has 0 amide bonds. The van der Waals surface area contributed by atoms with Crippen molar-refractivity contribution in [3.05, 3.63) is 5.89 Å². The van der Waals surface area contributed by atoms with Crippen LogP contribution < -0.4 is 9.62 Å². The highest BCUT2D eigenvalue weighted by atomic mass is 32.2. The lowest BCUT2D eigenvalue weighted by atomic mass is 9.74. The molecule has 1 aromatic rings. The Morgan fingerprint density at radius 2 is 2.15 bits per heavy atom. The van der Waals surface area contributed by atoms with Crippen LogP contribution in [0.25, 0.3) is 0 Å². The Kier molecular flexibility index (Phi) is 3.66. The number of anilines is 1. The number of aromatic nitrogens is 2. The highest BCUT2D eigenvalue weighted by molar-refractivity contribution is 7.87. The number of ether oxygens (including phenoxy) is 1. The van der Waals surface area contributed by atoms with Gasteiger partial charge in [-0.05, 0) is 30.8 Å². The maximum atomic E-state index is 12.1. The summed E-state index contributed by atoms with van der Waals surface area (Å²) in [4.78, 5) is 6.72. The second kappa shape index (κ2) is 5.63. The number of hydrogen-bond acceptors (Lipinski definition) is 7. The molecule has 26 heavy (non-hydrogen) atoms. The van der Waals surface area contributed by atoms with Crippen molar-refractivity contribution in [2.45, 2.75) is 43.3 Å². The number of nitrogens with one attached hydrogen (secondary N) is 1. The minimum Gasteiger partial charge on any atom is -0.369 e. The lowest BCUT2D eigenvalue weighted by Crippen LogP contribution is -2.44. The van der Waals surface area contributed by atoms with Gasteiger partial charge in [0.1, 0.15) is 0 Å². The zero-order valence-electron chi connectivity index (χ0n) is 15.1. The number of fused-ring (bicyclic) bond motifs is 1. The van der Waals surface area contributed by atoms with Gasteiger partial charge < -0.3 is 14.2 Å². The van der Waals surface area contributed by atoms with E-state index in [2.05, 4.69) is 19.8 Å². The van der Waals surface area contributed by atoms with E-state index >= 15 is 0 Å². The molecule has 1 N–H and O–H groups in total. The second-order valence-electron chi connectivity index (χ2n) is 8.25. The maximum Gasteiger partial charge on any atom is 0.278 e. The van der Waals surface area contributed by atoms with Crippen LogP contribution >= 0.6 is 0 Å². The molecule has 4 heterocycles. The van der Waals surface area contributed by atoms with Gasteiger partial charge in [0.15, 0.2) is 0 Å². The quantitative estimate of drug-likeness (QED) is 0.755. The van der Waals surface area contributed by atoms with Crippen LogP contribution in [-0.4, -0.2) is 68.3 Å². The molecule has 0 radical (unpaired) electrons. The van der Waals surface area contributed by atoms with Gasteiger partial charge in [0, 0.05) is 44.9 Å². The molecule has 10 heteroatoms. The topological polar surface area (TPSA) is 101 Å². The Morgan fingerprint density at radius 3 is 2.88 bits per heavy atom. The standard InChI is InChI=1S/C16H25N5O4S/c1-20(2)26(22,23)17-7-11-12-8-21(9-16(12)6-5-13(11)24-16)15-18-14(25-19-15)10-3-4-10/h10-13,17H,3-9H2,1-2H3/t11-,12+,13+,16+/m0/s1. The Morgan fingerprint density at radius 1 is 1.35 bits per heavy atom. The molecule has 4 atom stereocenters. The number of hydrogen-bond donors (Lipinski definition) is 1. The molecule has 1 aromatic heterocycles. The van der Waals surface area contributed by atoms with E-state index in [1.807, 2.05) is 0 Å². The summed E-state index contributed by atoms with van der Waals surface area (Å²) in [6.45, 7) is 1.95. The highest BCUT2D eigenvalue weighted by Gasteiger charge is 2.63. The first-order valence-corrected chi connectivity index (χ1v) is 10.8. The molecule has 9 nitrogen and oxygen atoms in total. The van der Waals surface area contributed by atoms with Crippen molar-refractivity contribution in [3.8, 4) is 0 Å². The summed E-state index contributed by atoms with van der Waals surface area (Å²) in [6, 6.07) is 0. The van der Waals surface area contributed by atoms with Gasteiger partial charge in [-0.25, -0.2) is 4.72 Å². The monoisotopic (exact) mass is 383 g/mol. The Balaban J connectivity index is 1.32. The largest absolute Gasteiger partial charge is 0.369 e. The zero-order valence-corrected chi connectivity index (χ0v) is 15.9. The predicted molar refractivity (Wildman–Crippen MR) is 92.9 cm³/mol. The van der Waals surface area contributed by atoms with Crippen molar-refractivity contribution < 1.29 is 17.7 Å². The van der Waals surface area contributed by atoms with E-state index < -0.39 is 10.2 Å². The van der Waals surface area contributed by atoms with E-state index in [0.29, 0.717) is 18.4 Å². The third kappa shape index (κ3) is 2.57. The molecule has 144 valence electrons. The summed E-state index contributed by atoms with van der Waals surface area (Å²) in [5.41, 5.74) is -0.195. The maximum absolute atomic E-state index is 12.1. The van der Waals surface area contributed by atoms with E-state index in [-0.39, 0.29) is 23.5 Å². The number of rotatable bonds is 6. The van der Waals surface area contributed by atoms with E-state index in [1.54, 1.807) is 0 Å². The highest BCUT2D eigenvalue weighted by Crippen LogP contribution is 2.55. The fourth-order valence-corrected chi connectivity index (χ4v) is 5.46. The average Bonchev–Trinajstić information content (AvgIpc) is 2.99. The van der Waals surface area contributed by atoms with Crippen molar-refractivity contribution in [1.82, 2.24) is 19.2 Å². The van der Waals surface area contributed by atoms with Gasteiger partial charge >= 0.3 is 0 Å². The van der Waals surface area contributed by atoms with E-state index in [4.69, 9.17) is 9.26 Å². The molecule has 4 fully saturated rings. The van der Waals surface area contributed by atoms with Gasteiger partial charge in [-0.1, -0.05) is 0 Å². The van der Waals surface area contributed by atoms with Crippen LogP contribution in [-0.2, 0) is 14.9 Å². The number of nitrogens with zero attached hydrogens (tertiary/aromatic N) is 4. The Bertz CT molecular complexity index is 807. The van der Waals surface area contributed by atoms with Gasteiger partial charge in [0.2, 0.25) is 5.89 Å². The first-order chi connectivity index (χ1) is 12.4. The van der Waals surface area contributed by atoms with Crippen LogP contribution in [0.4, 0.5) is 5.95 Å². The van der Waals surface area contributed by atoms with Crippen molar-refractivity contribution in [2.24, 2.45) is 11.8 Å². The van der Waals surface area contributed by atoms with Crippen molar-refractivity contribution in [1.29, 1.82) is 0 Å². The molecule has 4 aliphatic rings. The third-order valence-corrected chi connectivity index (χ3v) is 7.90.